The predicted octanol–water partition coefficient (Wildman–Crippen LogP) is 4.52. The summed E-state index contributed by atoms with van der Waals surface area (Å²) in [5, 5.41) is 17.3. The van der Waals surface area contributed by atoms with Gasteiger partial charge in [-0.25, -0.2) is 4.79 Å². The first-order valence-electron chi connectivity index (χ1n) is 7.45. The van der Waals surface area contributed by atoms with Gasteiger partial charge in [-0.05, 0) is 12.5 Å². The van der Waals surface area contributed by atoms with Crippen LogP contribution >= 0.6 is 23.2 Å². The van der Waals surface area contributed by atoms with Gasteiger partial charge >= 0.3 is 5.97 Å². The number of halogens is 2. The maximum atomic E-state index is 11.6. The van der Waals surface area contributed by atoms with Crippen molar-refractivity contribution < 1.29 is 19.6 Å². The predicted molar refractivity (Wildman–Crippen MR) is 93.1 cm³/mol. The zero-order valence-electron chi connectivity index (χ0n) is 13.4. The summed E-state index contributed by atoms with van der Waals surface area (Å²) in [7, 11) is 0. The zero-order chi connectivity index (χ0) is 18.3. The molecule has 0 aliphatic rings. The van der Waals surface area contributed by atoms with Crippen molar-refractivity contribution in [2.45, 2.75) is 43.5 Å². The number of allylic oxidation sites excluding steroid dienone is 1. The maximum absolute atomic E-state index is 11.6. The minimum Gasteiger partial charge on any atom is -0.477 e. The topological polar surface area (TPSA) is 89.7 Å². The molecular weight excluding hydrogens is 357 g/mol. The SMILES string of the molecule is CCCC(Cl)C(Cl)(Oc1ccccc1C=C(CC)[N+](=O)[O-])C(=O)O. The lowest BCUT2D eigenvalue weighted by Crippen LogP contribution is -2.47. The summed E-state index contributed by atoms with van der Waals surface area (Å²) in [6.45, 7) is 3.49. The minimum atomic E-state index is -2.16. The fourth-order valence-electron chi connectivity index (χ4n) is 2.00. The summed E-state index contributed by atoms with van der Waals surface area (Å²) >= 11 is 12.2. The van der Waals surface area contributed by atoms with Crippen LogP contribution in [-0.4, -0.2) is 26.4 Å². The molecule has 0 aliphatic heterocycles. The molecule has 0 spiro atoms. The van der Waals surface area contributed by atoms with Gasteiger partial charge < -0.3 is 9.84 Å². The molecule has 0 fully saturated rings. The van der Waals surface area contributed by atoms with Crippen LogP contribution in [0, 0.1) is 10.1 Å². The molecule has 6 nitrogen and oxygen atoms in total. The van der Waals surface area contributed by atoms with E-state index in [2.05, 4.69) is 0 Å². The van der Waals surface area contributed by atoms with Crippen molar-refractivity contribution in [2.75, 3.05) is 0 Å². The average molecular weight is 376 g/mol. The molecule has 0 saturated carbocycles. The maximum Gasteiger partial charge on any atom is 0.365 e. The third-order valence-electron chi connectivity index (χ3n) is 3.33. The number of aliphatic carboxylic acids is 1. The highest BCUT2D eigenvalue weighted by molar-refractivity contribution is 6.39. The number of benzene rings is 1. The first-order chi connectivity index (χ1) is 11.3. The lowest BCUT2D eigenvalue weighted by Gasteiger charge is -2.28. The summed E-state index contributed by atoms with van der Waals surface area (Å²) in [6, 6.07) is 6.35. The van der Waals surface area contributed by atoms with E-state index < -0.39 is 21.3 Å². The smallest absolute Gasteiger partial charge is 0.365 e. The Morgan fingerprint density at radius 2 is 2.08 bits per heavy atom. The van der Waals surface area contributed by atoms with Crippen molar-refractivity contribution in [1.29, 1.82) is 0 Å². The molecule has 0 aromatic heterocycles. The number of ether oxygens (including phenoxy) is 1. The molecule has 0 aliphatic carbocycles. The molecule has 1 N–H and O–H groups in total. The lowest BCUT2D eigenvalue weighted by molar-refractivity contribution is -0.425. The van der Waals surface area contributed by atoms with Gasteiger partial charge in [0, 0.05) is 18.1 Å². The molecule has 2 atom stereocenters. The molecule has 2 unspecified atom stereocenters. The summed E-state index contributed by atoms with van der Waals surface area (Å²) in [5.74, 6) is -1.30. The average Bonchev–Trinajstić information content (AvgIpc) is 2.53. The van der Waals surface area contributed by atoms with E-state index in [1.807, 2.05) is 6.92 Å². The molecule has 1 aromatic rings. The quantitative estimate of drug-likeness (QED) is 0.389. The highest BCUT2D eigenvalue weighted by Gasteiger charge is 2.46. The van der Waals surface area contributed by atoms with E-state index >= 15 is 0 Å². The van der Waals surface area contributed by atoms with Crippen molar-refractivity contribution in [2.24, 2.45) is 0 Å². The van der Waals surface area contributed by atoms with E-state index in [0.29, 0.717) is 18.4 Å². The Morgan fingerprint density at radius 1 is 1.46 bits per heavy atom. The van der Waals surface area contributed by atoms with Gasteiger partial charge in [0.2, 0.25) is 5.70 Å². The number of alkyl halides is 2. The Labute approximate surface area is 150 Å². The molecule has 8 heteroatoms. The third-order valence-corrected chi connectivity index (χ3v) is 4.47. The Bertz CT molecular complexity index is 635. The molecule has 0 saturated heterocycles. The molecule has 132 valence electrons. The second kappa shape index (κ2) is 8.89. The number of carboxylic acid groups (broad SMARTS) is 1. The third kappa shape index (κ3) is 4.85. The Kier molecular flexibility index (Phi) is 7.51. The Hall–Kier alpha value is -1.79. The van der Waals surface area contributed by atoms with E-state index in [4.69, 9.17) is 27.9 Å². The highest BCUT2D eigenvalue weighted by atomic mass is 35.5. The fraction of sp³-hybridized carbons (Fsp3) is 0.438. The molecule has 24 heavy (non-hydrogen) atoms. The van der Waals surface area contributed by atoms with Crippen LogP contribution in [0.3, 0.4) is 0 Å². The molecule has 1 aromatic carbocycles. The summed E-state index contributed by atoms with van der Waals surface area (Å²) in [5.41, 5.74) is 0.329. The van der Waals surface area contributed by atoms with Crippen molar-refractivity contribution in [1.82, 2.24) is 0 Å². The Balaban J connectivity index is 3.27. The van der Waals surface area contributed by atoms with Crippen LogP contribution < -0.4 is 4.74 Å². The van der Waals surface area contributed by atoms with Gasteiger partial charge in [0.1, 0.15) is 5.75 Å². The minimum absolute atomic E-state index is 0.0301. The number of hydrogen-bond acceptors (Lipinski definition) is 4. The molecule has 0 bridgehead atoms. The number of para-hydroxylation sites is 1. The van der Waals surface area contributed by atoms with E-state index in [9.17, 15) is 20.0 Å². The van der Waals surface area contributed by atoms with Crippen LogP contribution in [0.1, 0.15) is 38.7 Å². The van der Waals surface area contributed by atoms with E-state index in [1.54, 1.807) is 25.1 Å². The van der Waals surface area contributed by atoms with E-state index in [0.717, 1.165) is 0 Å². The molecule has 0 radical (unpaired) electrons. The van der Waals surface area contributed by atoms with Gasteiger partial charge in [0.25, 0.3) is 5.06 Å². The summed E-state index contributed by atoms with van der Waals surface area (Å²) in [4.78, 5) is 22.1. The highest BCUT2D eigenvalue weighted by Crippen LogP contribution is 2.34. The summed E-state index contributed by atoms with van der Waals surface area (Å²) < 4.78 is 5.50. The monoisotopic (exact) mass is 375 g/mol. The second-order valence-electron chi connectivity index (χ2n) is 5.09. The number of nitrogens with zero attached hydrogens (tertiary/aromatic N) is 1. The molecule has 0 amide bonds. The Morgan fingerprint density at radius 3 is 2.58 bits per heavy atom. The summed E-state index contributed by atoms with van der Waals surface area (Å²) in [6.07, 6.45) is 2.50. The van der Waals surface area contributed by atoms with E-state index in [-0.39, 0.29) is 17.9 Å². The van der Waals surface area contributed by atoms with Gasteiger partial charge in [-0.1, -0.05) is 50.1 Å². The van der Waals surface area contributed by atoms with Crippen LogP contribution in [-0.2, 0) is 4.79 Å². The number of carboxylic acids is 1. The van der Waals surface area contributed by atoms with Crippen molar-refractivity contribution in [3.8, 4) is 5.75 Å². The standard InChI is InChI=1S/C16H19Cl2NO5/c1-3-7-14(17)16(18,15(20)21)24-13-9-6-5-8-11(13)10-12(4-2)19(22)23/h5-6,8-10,14H,3-4,7H2,1-2H3,(H,20,21). The molecule has 0 heterocycles. The normalized spacial score (nSPS) is 15.4. The van der Waals surface area contributed by atoms with Gasteiger partial charge in [-0.2, -0.15) is 0 Å². The van der Waals surface area contributed by atoms with Crippen molar-refractivity contribution >= 4 is 35.2 Å². The first-order valence-corrected chi connectivity index (χ1v) is 8.27. The number of nitro groups is 1. The number of carbonyl (C=O) groups is 1. The number of hydrogen-bond donors (Lipinski definition) is 1. The lowest BCUT2D eigenvalue weighted by atomic mass is 10.1. The second-order valence-corrected chi connectivity index (χ2v) is 6.18. The van der Waals surface area contributed by atoms with Crippen molar-refractivity contribution in [3.05, 3.63) is 45.6 Å². The van der Waals surface area contributed by atoms with Gasteiger partial charge in [0.15, 0.2) is 0 Å². The van der Waals surface area contributed by atoms with Crippen LogP contribution in [0.4, 0.5) is 0 Å². The van der Waals surface area contributed by atoms with Crippen LogP contribution in [0.15, 0.2) is 30.0 Å². The molecule has 1 rings (SSSR count). The van der Waals surface area contributed by atoms with Gasteiger partial charge in [-0.3, -0.25) is 10.1 Å². The fourth-order valence-corrected chi connectivity index (χ4v) is 2.55. The largest absolute Gasteiger partial charge is 0.477 e. The molecular formula is C16H19Cl2NO5. The van der Waals surface area contributed by atoms with Crippen LogP contribution in [0.25, 0.3) is 6.08 Å². The zero-order valence-corrected chi connectivity index (χ0v) is 14.9. The van der Waals surface area contributed by atoms with E-state index in [1.165, 1.54) is 12.1 Å². The number of rotatable bonds is 9. The first kappa shape index (κ1) is 20.3. The van der Waals surface area contributed by atoms with Gasteiger partial charge in [0.05, 0.1) is 10.3 Å². The van der Waals surface area contributed by atoms with Crippen molar-refractivity contribution in [3.63, 3.8) is 0 Å². The van der Waals surface area contributed by atoms with Gasteiger partial charge in [-0.15, -0.1) is 11.6 Å². The van der Waals surface area contributed by atoms with Crippen LogP contribution in [0.5, 0.6) is 5.75 Å². The van der Waals surface area contributed by atoms with Crippen LogP contribution in [0.2, 0.25) is 0 Å².